The van der Waals surface area contributed by atoms with Gasteiger partial charge in [-0.25, -0.2) is 0 Å². The van der Waals surface area contributed by atoms with E-state index in [4.69, 9.17) is 4.74 Å². The van der Waals surface area contributed by atoms with Crippen LogP contribution in [0.1, 0.15) is 38.3 Å². The molecule has 0 bridgehead atoms. The average Bonchev–Trinajstić information content (AvgIpc) is 2.22. The topological polar surface area (TPSA) is 31.2 Å². The van der Waals surface area contributed by atoms with Gasteiger partial charge >= 0.3 is 0 Å². The first kappa shape index (κ1) is 12.8. The zero-order chi connectivity index (χ0) is 12.6. The molecule has 0 spiro atoms. The highest BCUT2D eigenvalue weighted by atomic mass is 79.9. The Morgan fingerprint density at radius 3 is 2.53 bits per heavy atom. The molecule has 1 aliphatic rings. The van der Waals surface area contributed by atoms with Crippen molar-refractivity contribution in [1.29, 1.82) is 0 Å². The van der Waals surface area contributed by atoms with Crippen molar-refractivity contribution in [2.45, 2.75) is 51.9 Å². The van der Waals surface area contributed by atoms with Gasteiger partial charge < -0.3 is 9.30 Å². The first-order valence-corrected chi connectivity index (χ1v) is 6.80. The van der Waals surface area contributed by atoms with Gasteiger partial charge in [-0.1, -0.05) is 0 Å². The molecule has 0 saturated carbocycles. The minimum Gasteiger partial charge on any atom is -0.375 e. The molecule has 2 rings (SSSR count). The summed E-state index contributed by atoms with van der Waals surface area (Å²) in [6.45, 7) is 6.07. The smallest absolute Gasteiger partial charge is 0.251 e. The summed E-state index contributed by atoms with van der Waals surface area (Å²) < 4.78 is 8.53. The summed E-state index contributed by atoms with van der Waals surface area (Å²) in [4.78, 5) is 12.0. The summed E-state index contributed by atoms with van der Waals surface area (Å²) in [7, 11) is 0. The number of pyridine rings is 1. The summed E-state index contributed by atoms with van der Waals surface area (Å²) in [5.41, 5.74) is 1.07. The molecule has 0 amide bonds. The van der Waals surface area contributed by atoms with E-state index in [1.165, 1.54) is 0 Å². The van der Waals surface area contributed by atoms with Crippen LogP contribution < -0.4 is 5.56 Å². The maximum Gasteiger partial charge on any atom is 0.251 e. The molecule has 1 saturated heterocycles. The van der Waals surface area contributed by atoms with Gasteiger partial charge in [0.25, 0.3) is 5.56 Å². The molecule has 94 valence electrons. The third kappa shape index (κ3) is 2.80. The fourth-order valence-electron chi connectivity index (χ4n) is 2.50. The second-order valence-electron chi connectivity index (χ2n) is 4.93. The van der Waals surface area contributed by atoms with Crippen molar-refractivity contribution >= 4 is 15.9 Å². The first-order valence-electron chi connectivity index (χ1n) is 6.01. The molecular weight excluding hydrogens is 282 g/mol. The molecule has 2 heterocycles. The van der Waals surface area contributed by atoms with Crippen LogP contribution in [0, 0.1) is 6.92 Å². The number of rotatable bonds is 1. The van der Waals surface area contributed by atoms with Gasteiger partial charge in [0.1, 0.15) is 0 Å². The zero-order valence-corrected chi connectivity index (χ0v) is 12.0. The predicted octanol–water partition coefficient (Wildman–Crippen LogP) is 3.05. The number of hydrogen-bond donors (Lipinski definition) is 0. The summed E-state index contributed by atoms with van der Waals surface area (Å²) in [5, 5.41) is 0. The maximum atomic E-state index is 12.0. The Kier molecular flexibility index (Phi) is 3.73. The molecule has 1 aromatic rings. The standard InChI is InChI=1S/C13H18BrNO2/c1-8-4-13(16)15(7-12(8)14)11-5-9(2)17-10(3)6-11/h4,7,9-11H,5-6H2,1-3H3/t9-,10+,11?. The Morgan fingerprint density at radius 2 is 1.94 bits per heavy atom. The Hall–Kier alpha value is -0.610. The molecule has 1 aromatic heterocycles. The number of aromatic nitrogens is 1. The van der Waals surface area contributed by atoms with E-state index in [1.807, 2.05) is 17.7 Å². The molecule has 0 aromatic carbocycles. The van der Waals surface area contributed by atoms with Gasteiger partial charge in [0, 0.05) is 22.8 Å². The molecule has 3 atom stereocenters. The molecular formula is C13H18BrNO2. The van der Waals surface area contributed by atoms with Crippen LogP contribution >= 0.6 is 15.9 Å². The fraction of sp³-hybridized carbons (Fsp3) is 0.615. The Bertz CT molecular complexity index is 459. The van der Waals surface area contributed by atoms with Gasteiger partial charge in [-0.2, -0.15) is 0 Å². The monoisotopic (exact) mass is 299 g/mol. The van der Waals surface area contributed by atoms with Gasteiger partial charge in [0.15, 0.2) is 0 Å². The number of nitrogens with zero attached hydrogens (tertiary/aromatic N) is 1. The lowest BCUT2D eigenvalue weighted by Crippen LogP contribution is -2.35. The van der Waals surface area contributed by atoms with Crippen LogP contribution in [0.15, 0.2) is 21.5 Å². The van der Waals surface area contributed by atoms with Crippen molar-refractivity contribution in [2.75, 3.05) is 0 Å². The first-order chi connectivity index (χ1) is 7.97. The molecule has 1 aliphatic heterocycles. The number of ether oxygens (including phenoxy) is 1. The Morgan fingerprint density at radius 1 is 1.35 bits per heavy atom. The van der Waals surface area contributed by atoms with E-state index >= 15 is 0 Å². The van der Waals surface area contributed by atoms with E-state index < -0.39 is 0 Å². The SMILES string of the molecule is Cc1cc(=O)n(C2C[C@@H](C)O[C@@H](C)C2)cc1Br. The van der Waals surface area contributed by atoms with E-state index in [1.54, 1.807) is 6.07 Å². The third-order valence-electron chi connectivity index (χ3n) is 3.29. The van der Waals surface area contributed by atoms with Crippen LogP contribution in [0.25, 0.3) is 0 Å². The highest BCUT2D eigenvalue weighted by Gasteiger charge is 2.26. The quantitative estimate of drug-likeness (QED) is 0.798. The predicted molar refractivity (Wildman–Crippen MR) is 71.4 cm³/mol. The van der Waals surface area contributed by atoms with E-state index in [9.17, 15) is 4.79 Å². The molecule has 0 aliphatic carbocycles. The van der Waals surface area contributed by atoms with Gasteiger partial charge in [-0.3, -0.25) is 4.79 Å². The van der Waals surface area contributed by atoms with Crippen molar-refractivity contribution < 1.29 is 4.74 Å². The lowest BCUT2D eigenvalue weighted by atomic mass is 9.99. The van der Waals surface area contributed by atoms with Crippen molar-refractivity contribution in [1.82, 2.24) is 4.57 Å². The Balaban J connectivity index is 2.33. The molecule has 4 heteroatoms. The summed E-state index contributed by atoms with van der Waals surface area (Å²) in [5.74, 6) is 0. The van der Waals surface area contributed by atoms with E-state index in [0.717, 1.165) is 22.9 Å². The summed E-state index contributed by atoms with van der Waals surface area (Å²) in [6.07, 6.45) is 4.15. The van der Waals surface area contributed by atoms with Crippen molar-refractivity contribution in [3.05, 3.63) is 32.7 Å². The fourth-order valence-corrected chi connectivity index (χ4v) is 2.83. The molecule has 17 heavy (non-hydrogen) atoms. The third-order valence-corrected chi connectivity index (χ3v) is 4.12. The van der Waals surface area contributed by atoms with Crippen LogP contribution in [0.3, 0.4) is 0 Å². The average molecular weight is 300 g/mol. The molecule has 0 N–H and O–H groups in total. The maximum absolute atomic E-state index is 12.0. The number of aryl methyl sites for hydroxylation is 1. The van der Waals surface area contributed by atoms with E-state index in [0.29, 0.717) is 0 Å². The van der Waals surface area contributed by atoms with Gasteiger partial charge in [-0.15, -0.1) is 0 Å². The van der Waals surface area contributed by atoms with Crippen molar-refractivity contribution in [2.24, 2.45) is 0 Å². The molecule has 3 nitrogen and oxygen atoms in total. The Labute approximate surface area is 110 Å². The van der Waals surface area contributed by atoms with E-state index in [-0.39, 0.29) is 23.8 Å². The highest BCUT2D eigenvalue weighted by molar-refractivity contribution is 9.10. The van der Waals surface area contributed by atoms with Crippen LogP contribution in [0.5, 0.6) is 0 Å². The highest BCUT2D eigenvalue weighted by Crippen LogP contribution is 2.28. The minimum absolute atomic E-state index is 0.0806. The van der Waals surface area contributed by atoms with Crippen molar-refractivity contribution in [3.63, 3.8) is 0 Å². The lowest BCUT2D eigenvalue weighted by Gasteiger charge is -2.33. The minimum atomic E-state index is 0.0806. The van der Waals surface area contributed by atoms with Gasteiger partial charge in [0.05, 0.1) is 12.2 Å². The number of halogens is 1. The molecule has 1 fully saturated rings. The normalized spacial score (nSPS) is 29.3. The molecule has 1 unspecified atom stereocenters. The lowest BCUT2D eigenvalue weighted by molar-refractivity contribution is -0.0492. The van der Waals surface area contributed by atoms with Crippen LogP contribution in [-0.2, 0) is 4.74 Å². The summed E-state index contributed by atoms with van der Waals surface area (Å²) in [6, 6.07) is 1.94. The van der Waals surface area contributed by atoms with Crippen LogP contribution in [-0.4, -0.2) is 16.8 Å². The van der Waals surface area contributed by atoms with E-state index in [2.05, 4.69) is 29.8 Å². The second kappa shape index (κ2) is 4.94. The van der Waals surface area contributed by atoms with Gasteiger partial charge in [0.2, 0.25) is 0 Å². The van der Waals surface area contributed by atoms with Crippen LogP contribution in [0.4, 0.5) is 0 Å². The largest absolute Gasteiger partial charge is 0.375 e. The molecule has 0 radical (unpaired) electrons. The summed E-state index contributed by atoms with van der Waals surface area (Å²) >= 11 is 3.49. The van der Waals surface area contributed by atoms with Crippen molar-refractivity contribution in [3.8, 4) is 0 Å². The second-order valence-corrected chi connectivity index (χ2v) is 5.79. The van der Waals surface area contributed by atoms with Crippen LogP contribution in [0.2, 0.25) is 0 Å². The van der Waals surface area contributed by atoms with Gasteiger partial charge in [-0.05, 0) is 55.1 Å². The number of hydrogen-bond acceptors (Lipinski definition) is 2. The zero-order valence-electron chi connectivity index (χ0n) is 10.4.